The number of sulfonamides is 1. The Morgan fingerprint density at radius 1 is 1.31 bits per heavy atom. The summed E-state index contributed by atoms with van der Waals surface area (Å²) in [7, 11) is -2.36. The van der Waals surface area contributed by atoms with E-state index in [1.165, 1.54) is 4.58 Å². The van der Waals surface area contributed by atoms with Gasteiger partial charge in [0, 0.05) is 30.4 Å². The highest BCUT2D eigenvalue weighted by Gasteiger charge is 2.50. The summed E-state index contributed by atoms with van der Waals surface area (Å²) in [5.41, 5.74) is 0.260. The monoisotopic (exact) mass is 462 g/mol. The van der Waals surface area contributed by atoms with Crippen molar-refractivity contribution in [1.29, 1.82) is 0 Å². The van der Waals surface area contributed by atoms with Crippen LogP contribution >= 0.6 is 0 Å². The molecule has 1 atom stereocenters. The van der Waals surface area contributed by atoms with E-state index in [2.05, 4.69) is 9.82 Å². The maximum Gasteiger partial charge on any atom is 0.501 e. The van der Waals surface area contributed by atoms with E-state index in [1.807, 2.05) is 0 Å². The Hall–Kier alpha value is -2.66. The van der Waals surface area contributed by atoms with E-state index in [0.29, 0.717) is 24.9 Å². The van der Waals surface area contributed by atoms with E-state index in [-0.39, 0.29) is 23.7 Å². The van der Waals surface area contributed by atoms with Gasteiger partial charge in [0.15, 0.2) is 0 Å². The van der Waals surface area contributed by atoms with E-state index < -0.39 is 38.6 Å². The summed E-state index contributed by atoms with van der Waals surface area (Å²) < 4.78 is 46.3. The summed E-state index contributed by atoms with van der Waals surface area (Å²) in [6, 6.07) is -0.535. The highest BCUT2D eigenvalue weighted by Crippen LogP contribution is 2.37. The zero-order chi connectivity index (χ0) is 22.8. The van der Waals surface area contributed by atoms with Crippen molar-refractivity contribution in [3.05, 3.63) is 41.5 Å². The number of imide groups is 1. The molecule has 0 radical (unpaired) electrons. The molecule has 3 aliphatic carbocycles. The van der Waals surface area contributed by atoms with Gasteiger partial charge in [-0.2, -0.15) is 19.4 Å². The van der Waals surface area contributed by atoms with Gasteiger partial charge < -0.3 is 0 Å². The fourth-order valence-corrected chi connectivity index (χ4v) is 5.73. The van der Waals surface area contributed by atoms with Crippen molar-refractivity contribution >= 4 is 27.7 Å². The largest absolute Gasteiger partial charge is 0.501 e. The van der Waals surface area contributed by atoms with Gasteiger partial charge in [0.2, 0.25) is 10.0 Å². The van der Waals surface area contributed by atoms with Crippen molar-refractivity contribution in [3.63, 3.8) is 0 Å². The highest BCUT2D eigenvalue weighted by atomic mass is 32.2. The molecule has 0 bridgehead atoms. The molecule has 9 nitrogen and oxygen atoms in total. The molecule has 3 amide bonds. The number of aryl methyl sites for hydroxylation is 1. The molecule has 2 saturated carbocycles. The van der Waals surface area contributed by atoms with Gasteiger partial charge in [0.05, 0.1) is 12.7 Å². The molecule has 0 saturated heterocycles. The first-order chi connectivity index (χ1) is 15.1. The van der Waals surface area contributed by atoms with Crippen LogP contribution in [-0.2, 0) is 28.4 Å². The van der Waals surface area contributed by atoms with Crippen LogP contribution in [0.25, 0.3) is 0 Å². The van der Waals surface area contributed by atoms with Crippen molar-refractivity contribution in [2.45, 2.75) is 49.9 Å². The third-order valence-electron chi connectivity index (χ3n) is 6.33. The van der Waals surface area contributed by atoms with Gasteiger partial charge in [-0.1, -0.05) is 0 Å². The number of halogens is 1. The fourth-order valence-electron chi connectivity index (χ4n) is 4.04. The van der Waals surface area contributed by atoms with Crippen molar-refractivity contribution < 1.29 is 27.0 Å². The number of fused-ring (bicyclic) bond motifs is 1. The summed E-state index contributed by atoms with van der Waals surface area (Å²) in [6.45, 7) is 2.12. The Balaban J connectivity index is 1.55. The lowest BCUT2D eigenvalue weighted by Gasteiger charge is -2.27. The van der Waals surface area contributed by atoms with E-state index in [9.17, 15) is 18.0 Å². The molecule has 1 unspecified atom stereocenters. The van der Waals surface area contributed by atoms with Crippen LogP contribution in [0.2, 0.25) is 0 Å². The second kappa shape index (κ2) is 7.17. The minimum absolute atomic E-state index is 0.00275. The third-order valence-corrected chi connectivity index (χ3v) is 8.14. The number of hydrogen-bond acceptors (Lipinski definition) is 5. The fraction of sp³-hybridized carbons (Fsp3) is 0.524. The number of amides is 3. The van der Waals surface area contributed by atoms with Crippen LogP contribution in [0, 0.1) is 5.92 Å². The molecular weight excluding hydrogens is 437 g/mol. The van der Waals surface area contributed by atoms with Crippen molar-refractivity contribution in [3.8, 4) is 0 Å². The number of rotatable bonds is 7. The number of allylic oxidation sites excluding steroid dienone is 1. The molecule has 170 valence electrons. The van der Waals surface area contributed by atoms with Gasteiger partial charge in [-0.3, -0.25) is 4.68 Å². The van der Waals surface area contributed by atoms with E-state index >= 15 is 4.39 Å². The number of hydrogen-bond donors (Lipinski definition) is 1. The van der Waals surface area contributed by atoms with Crippen LogP contribution in [0.5, 0.6) is 0 Å². The number of aromatic nitrogens is 2. The Labute approximate surface area is 185 Å². The molecular formula is C21H25FN5O4S+. The Morgan fingerprint density at radius 2 is 2.03 bits per heavy atom. The zero-order valence-corrected chi connectivity index (χ0v) is 18.7. The maximum absolute atomic E-state index is 15.0. The predicted molar refractivity (Wildman–Crippen MR) is 113 cm³/mol. The van der Waals surface area contributed by atoms with Crippen LogP contribution in [0.15, 0.2) is 35.9 Å². The smallest absolute Gasteiger partial charge is 0.275 e. The molecule has 1 aromatic heterocycles. The van der Waals surface area contributed by atoms with Gasteiger partial charge in [-0.05, 0) is 44.6 Å². The van der Waals surface area contributed by atoms with E-state index in [1.54, 1.807) is 31.0 Å². The Bertz CT molecular complexity index is 1220. The predicted octanol–water partition coefficient (Wildman–Crippen LogP) is 1.38. The maximum atomic E-state index is 15.0. The lowest BCUT2D eigenvalue weighted by Crippen LogP contribution is -2.52. The minimum atomic E-state index is -4.09. The van der Waals surface area contributed by atoms with Crippen LogP contribution < -0.4 is 4.72 Å². The highest BCUT2D eigenvalue weighted by molar-refractivity contribution is 7.90. The summed E-state index contributed by atoms with van der Waals surface area (Å²) in [5, 5.41) is 2.46. The molecule has 0 spiro atoms. The number of nitrogens with zero attached hydrogens (tertiary/aromatic N) is 4. The molecule has 2 fully saturated rings. The number of carbonyl (C=O) groups excluding carboxylic acids is 2. The van der Waals surface area contributed by atoms with Gasteiger partial charge in [-0.25, -0.2) is 22.3 Å². The van der Waals surface area contributed by atoms with Crippen LogP contribution in [-0.4, -0.2) is 62.7 Å². The lowest BCUT2D eigenvalue weighted by atomic mass is 9.98. The first kappa shape index (κ1) is 21.2. The molecule has 1 aromatic rings. The number of carbonyl (C=O) groups is 2. The van der Waals surface area contributed by atoms with Crippen LogP contribution in [0.4, 0.5) is 9.18 Å². The van der Waals surface area contributed by atoms with Gasteiger partial charge in [0.25, 0.3) is 0 Å². The second-order valence-corrected chi connectivity index (χ2v) is 11.2. The van der Waals surface area contributed by atoms with Gasteiger partial charge in [-0.15, -0.1) is 0 Å². The molecule has 11 heteroatoms. The quantitative estimate of drug-likeness (QED) is 0.617. The van der Waals surface area contributed by atoms with E-state index in [0.717, 1.165) is 29.9 Å². The summed E-state index contributed by atoms with van der Waals surface area (Å²) in [6.07, 6.45) is 8.72. The molecule has 1 N–H and O–H groups in total. The third kappa shape index (κ3) is 3.83. The van der Waals surface area contributed by atoms with Crippen molar-refractivity contribution in [2.24, 2.45) is 13.0 Å². The lowest BCUT2D eigenvalue weighted by molar-refractivity contribution is -0.440. The van der Waals surface area contributed by atoms with Gasteiger partial charge in [0.1, 0.15) is 28.9 Å². The Morgan fingerprint density at radius 3 is 2.62 bits per heavy atom. The van der Waals surface area contributed by atoms with Crippen molar-refractivity contribution in [2.75, 3.05) is 6.54 Å². The first-order valence-corrected chi connectivity index (χ1v) is 12.2. The Kier molecular flexibility index (Phi) is 4.75. The van der Waals surface area contributed by atoms with Crippen LogP contribution in [0.3, 0.4) is 0 Å². The minimum Gasteiger partial charge on any atom is -0.275 e. The summed E-state index contributed by atoms with van der Waals surface area (Å²) in [5.74, 6) is -1.25. The molecule has 0 aromatic carbocycles. The normalized spacial score (nSPS) is 25.0. The molecule has 32 heavy (non-hydrogen) atoms. The standard InChI is InChI=1S/C21H25FN5O4S/c1-21(5-6-21)24-32(30,31)18-7-15-17(8-16(18)22)26(11-13-3-4-13)20(29)27(19(15)28)12-14-9-23-25(2)10-14/h7-10,13,18,24H,3-6,11-12H2,1-2H3/q+1. The van der Waals surface area contributed by atoms with Gasteiger partial charge >= 0.3 is 11.9 Å². The van der Waals surface area contributed by atoms with Crippen LogP contribution in [0.1, 0.15) is 38.2 Å². The first-order valence-electron chi connectivity index (χ1n) is 10.7. The second-order valence-electron chi connectivity index (χ2n) is 9.37. The average molecular weight is 463 g/mol. The molecule has 2 heterocycles. The number of urea groups is 1. The molecule has 5 rings (SSSR count). The van der Waals surface area contributed by atoms with Crippen molar-refractivity contribution in [1.82, 2.24) is 19.4 Å². The SMILES string of the molecule is Cn1cc(CN2C(=O)C3=CC(S(=O)(=O)NC4(C)CC4)C(F)=CC3=[N+](CC3CC3)C2=O)cn1. The molecule has 1 aliphatic heterocycles. The topological polar surface area (TPSA) is 104 Å². The average Bonchev–Trinajstić information content (AvgIpc) is 3.63. The van der Waals surface area contributed by atoms with E-state index in [4.69, 9.17) is 0 Å². The summed E-state index contributed by atoms with van der Waals surface area (Å²) >= 11 is 0. The molecule has 4 aliphatic rings. The summed E-state index contributed by atoms with van der Waals surface area (Å²) in [4.78, 5) is 27.6. The zero-order valence-electron chi connectivity index (χ0n) is 17.9. The number of nitrogens with one attached hydrogen (secondary N) is 1.